The van der Waals surface area contributed by atoms with Gasteiger partial charge in [-0.15, -0.1) is 0 Å². The summed E-state index contributed by atoms with van der Waals surface area (Å²) in [6.45, 7) is 2.07. The number of benzene rings is 1. The van der Waals surface area contributed by atoms with Gasteiger partial charge in [-0.05, 0) is 24.6 Å². The van der Waals surface area contributed by atoms with E-state index in [0.717, 1.165) is 10.0 Å². The molecule has 0 aliphatic heterocycles. The van der Waals surface area contributed by atoms with Crippen LogP contribution in [0, 0.1) is 0 Å². The molecular weight excluding hydrogens is 306 g/mol. The van der Waals surface area contributed by atoms with Crippen LogP contribution in [-0.2, 0) is 0 Å². The first-order valence-corrected chi connectivity index (χ1v) is 6.72. The van der Waals surface area contributed by atoms with Gasteiger partial charge in [0, 0.05) is 23.6 Å². The first-order chi connectivity index (χ1) is 9.08. The minimum atomic E-state index is 0.122. The zero-order valence-corrected chi connectivity index (χ0v) is 12.4. The van der Waals surface area contributed by atoms with Crippen molar-refractivity contribution in [2.24, 2.45) is 0 Å². The Kier molecular flexibility index (Phi) is 4.21. The van der Waals surface area contributed by atoms with Gasteiger partial charge < -0.3 is 16.4 Å². The zero-order chi connectivity index (χ0) is 13.8. The highest BCUT2D eigenvalue weighted by Crippen LogP contribution is 2.22. The van der Waals surface area contributed by atoms with Crippen LogP contribution in [0.3, 0.4) is 0 Å². The molecule has 1 aromatic heterocycles. The predicted octanol–water partition coefficient (Wildman–Crippen LogP) is 3.04. The van der Waals surface area contributed by atoms with Gasteiger partial charge in [-0.25, -0.2) is 0 Å². The highest BCUT2D eigenvalue weighted by atomic mass is 79.9. The molecule has 100 valence electrons. The summed E-state index contributed by atoms with van der Waals surface area (Å²) in [6, 6.07) is 10.1. The van der Waals surface area contributed by atoms with Gasteiger partial charge in [0.2, 0.25) is 5.95 Å². The molecule has 2 rings (SSSR count). The summed E-state index contributed by atoms with van der Waals surface area (Å²) in [4.78, 5) is 8.23. The van der Waals surface area contributed by atoms with Crippen molar-refractivity contribution in [3.05, 3.63) is 40.4 Å². The fourth-order valence-corrected chi connectivity index (χ4v) is 2.17. The molecule has 19 heavy (non-hydrogen) atoms. The van der Waals surface area contributed by atoms with E-state index < -0.39 is 0 Å². The Morgan fingerprint density at radius 1 is 1.21 bits per heavy atom. The Morgan fingerprint density at radius 3 is 2.63 bits per heavy atom. The van der Waals surface area contributed by atoms with Crippen LogP contribution >= 0.6 is 15.9 Å². The second-order valence-electron chi connectivity index (χ2n) is 4.17. The van der Waals surface area contributed by atoms with Gasteiger partial charge in [0.15, 0.2) is 0 Å². The van der Waals surface area contributed by atoms with E-state index in [-0.39, 0.29) is 12.0 Å². The van der Waals surface area contributed by atoms with E-state index in [2.05, 4.69) is 55.6 Å². The van der Waals surface area contributed by atoms with E-state index in [4.69, 9.17) is 5.73 Å². The third kappa shape index (κ3) is 3.57. The molecule has 1 unspecified atom stereocenters. The standard InChI is InChI=1S/C13H16BrN5/c1-8(9-4-3-5-10(14)6-9)17-12-7-11(16-2)18-13(15)19-12/h3-8H,1-2H3,(H4,15,16,17,18,19). The van der Waals surface area contributed by atoms with Crippen molar-refractivity contribution >= 4 is 33.5 Å². The second kappa shape index (κ2) is 5.88. The van der Waals surface area contributed by atoms with E-state index in [9.17, 15) is 0 Å². The molecule has 1 atom stereocenters. The van der Waals surface area contributed by atoms with Crippen molar-refractivity contribution in [3.63, 3.8) is 0 Å². The Bertz CT molecular complexity index is 573. The summed E-state index contributed by atoms with van der Waals surface area (Å²) >= 11 is 3.47. The van der Waals surface area contributed by atoms with Gasteiger partial charge in [-0.2, -0.15) is 9.97 Å². The van der Waals surface area contributed by atoms with Crippen LogP contribution in [-0.4, -0.2) is 17.0 Å². The molecule has 0 saturated heterocycles. The monoisotopic (exact) mass is 321 g/mol. The van der Waals surface area contributed by atoms with Crippen molar-refractivity contribution in [1.82, 2.24) is 9.97 Å². The summed E-state index contributed by atoms with van der Waals surface area (Å²) in [7, 11) is 1.79. The van der Waals surface area contributed by atoms with Gasteiger partial charge in [0.05, 0.1) is 0 Å². The van der Waals surface area contributed by atoms with E-state index in [1.54, 1.807) is 7.05 Å². The Balaban J connectivity index is 2.18. The van der Waals surface area contributed by atoms with Crippen LogP contribution in [0.1, 0.15) is 18.5 Å². The highest BCUT2D eigenvalue weighted by Gasteiger charge is 2.08. The molecular formula is C13H16BrN5. The molecule has 1 aromatic carbocycles. The normalized spacial score (nSPS) is 11.9. The Labute approximate surface area is 120 Å². The molecule has 6 heteroatoms. The molecule has 0 bridgehead atoms. The molecule has 0 amide bonds. The predicted molar refractivity (Wildman–Crippen MR) is 82.2 cm³/mol. The SMILES string of the molecule is CNc1cc(NC(C)c2cccc(Br)c2)nc(N)n1. The number of rotatable bonds is 4. The maximum absolute atomic E-state index is 5.66. The molecule has 1 heterocycles. The van der Waals surface area contributed by atoms with Crippen LogP contribution in [0.2, 0.25) is 0 Å². The largest absolute Gasteiger partial charge is 0.373 e. The lowest BCUT2D eigenvalue weighted by atomic mass is 10.1. The number of halogens is 1. The van der Waals surface area contributed by atoms with Crippen molar-refractivity contribution in [3.8, 4) is 0 Å². The third-order valence-corrected chi connectivity index (χ3v) is 3.21. The molecule has 0 fully saturated rings. The van der Waals surface area contributed by atoms with Crippen LogP contribution in [0.4, 0.5) is 17.6 Å². The van der Waals surface area contributed by atoms with Gasteiger partial charge in [-0.1, -0.05) is 28.1 Å². The number of nitrogens with one attached hydrogen (secondary N) is 2. The lowest BCUT2D eigenvalue weighted by Gasteiger charge is -2.16. The number of nitrogens with zero attached hydrogens (tertiary/aromatic N) is 2. The highest BCUT2D eigenvalue weighted by molar-refractivity contribution is 9.10. The van der Waals surface area contributed by atoms with E-state index >= 15 is 0 Å². The summed E-state index contributed by atoms with van der Waals surface area (Å²) in [6.07, 6.45) is 0. The fourth-order valence-electron chi connectivity index (χ4n) is 1.75. The fraction of sp³-hybridized carbons (Fsp3) is 0.231. The third-order valence-electron chi connectivity index (χ3n) is 2.71. The van der Waals surface area contributed by atoms with Gasteiger partial charge in [0.25, 0.3) is 0 Å². The number of hydrogen-bond donors (Lipinski definition) is 3. The summed E-state index contributed by atoms with van der Waals surface area (Å²) in [5.41, 5.74) is 6.83. The topological polar surface area (TPSA) is 75.9 Å². The van der Waals surface area contributed by atoms with Gasteiger partial charge in [0.1, 0.15) is 11.6 Å². The molecule has 0 aliphatic carbocycles. The van der Waals surface area contributed by atoms with Crippen molar-refractivity contribution in [2.45, 2.75) is 13.0 Å². The maximum Gasteiger partial charge on any atom is 0.223 e. The smallest absolute Gasteiger partial charge is 0.223 e. The summed E-state index contributed by atoms with van der Waals surface area (Å²) < 4.78 is 1.05. The van der Waals surface area contributed by atoms with Gasteiger partial charge in [-0.3, -0.25) is 0 Å². The lowest BCUT2D eigenvalue weighted by molar-refractivity contribution is 0.872. The van der Waals surface area contributed by atoms with Crippen molar-refractivity contribution in [2.75, 3.05) is 23.4 Å². The lowest BCUT2D eigenvalue weighted by Crippen LogP contribution is -2.10. The number of anilines is 3. The van der Waals surface area contributed by atoms with E-state index in [1.165, 1.54) is 0 Å². The molecule has 4 N–H and O–H groups in total. The van der Waals surface area contributed by atoms with E-state index in [1.807, 2.05) is 18.2 Å². The molecule has 5 nitrogen and oxygen atoms in total. The zero-order valence-electron chi connectivity index (χ0n) is 10.8. The summed E-state index contributed by atoms with van der Waals surface area (Å²) in [5.74, 6) is 1.64. The number of aromatic nitrogens is 2. The van der Waals surface area contributed by atoms with Crippen LogP contribution < -0.4 is 16.4 Å². The Morgan fingerprint density at radius 2 is 1.95 bits per heavy atom. The first-order valence-electron chi connectivity index (χ1n) is 5.93. The maximum atomic E-state index is 5.66. The van der Waals surface area contributed by atoms with Crippen molar-refractivity contribution < 1.29 is 0 Å². The molecule has 0 spiro atoms. The van der Waals surface area contributed by atoms with Gasteiger partial charge >= 0.3 is 0 Å². The Hall–Kier alpha value is -1.82. The summed E-state index contributed by atoms with van der Waals surface area (Å²) in [5, 5.41) is 6.26. The van der Waals surface area contributed by atoms with E-state index in [0.29, 0.717) is 11.6 Å². The minimum absolute atomic E-state index is 0.122. The number of nitrogen functional groups attached to an aromatic ring is 1. The van der Waals surface area contributed by atoms with Crippen LogP contribution in [0.25, 0.3) is 0 Å². The number of hydrogen-bond acceptors (Lipinski definition) is 5. The molecule has 0 saturated carbocycles. The molecule has 0 aliphatic rings. The molecule has 0 radical (unpaired) electrons. The van der Waals surface area contributed by atoms with Crippen LogP contribution in [0.5, 0.6) is 0 Å². The van der Waals surface area contributed by atoms with Crippen LogP contribution in [0.15, 0.2) is 34.8 Å². The minimum Gasteiger partial charge on any atom is -0.373 e. The first kappa shape index (κ1) is 13.6. The average molecular weight is 322 g/mol. The second-order valence-corrected chi connectivity index (χ2v) is 5.08. The number of nitrogens with two attached hydrogens (primary N) is 1. The molecule has 2 aromatic rings. The van der Waals surface area contributed by atoms with Crippen molar-refractivity contribution in [1.29, 1.82) is 0 Å². The average Bonchev–Trinajstić information content (AvgIpc) is 2.38. The quantitative estimate of drug-likeness (QED) is 0.807.